The number of nitrogens with zero attached hydrogens (tertiary/aromatic N) is 1. The topological polar surface area (TPSA) is 50.5 Å². The predicted octanol–water partition coefficient (Wildman–Crippen LogP) is 1.47. The van der Waals surface area contributed by atoms with Crippen LogP contribution in [-0.4, -0.2) is 28.7 Å². The Bertz CT molecular complexity index is 392. The maximum atomic E-state index is 11.9. The minimum atomic E-state index is -0.704. The van der Waals surface area contributed by atoms with Crippen molar-refractivity contribution in [1.29, 1.82) is 0 Å². The summed E-state index contributed by atoms with van der Waals surface area (Å²) in [6, 6.07) is 3.28. The average molecular weight is 207 g/mol. The molecule has 1 saturated heterocycles. The van der Waals surface area contributed by atoms with E-state index in [4.69, 9.17) is 4.42 Å². The van der Waals surface area contributed by atoms with Gasteiger partial charge in [0.15, 0.2) is 11.5 Å². The minimum absolute atomic E-state index is 0.0995. The van der Waals surface area contributed by atoms with Gasteiger partial charge in [0.2, 0.25) is 0 Å². The molecule has 0 N–H and O–H groups in total. The summed E-state index contributed by atoms with van der Waals surface area (Å²) in [6.07, 6.45) is 1.89. The molecule has 4 heteroatoms. The Morgan fingerprint density at radius 2 is 2.27 bits per heavy atom. The number of amides is 1. The number of hydrogen-bond donors (Lipinski definition) is 0. The largest absolute Gasteiger partial charge is 0.459 e. The Balaban J connectivity index is 2.26. The van der Waals surface area contributed by atoms with Gasteiger partial charge in [-0.05, 0) is 26.0 Å². The van der Waals surface area contributed by atoms with Crippen molar-refractivity contribution in [3.8, 4) is 0 Å². The molecule has 0 atom stereocenters. The van der Waals surface area contributed by atoms with Gasteiger partial charge < -0.3 is 9.32 Å². The minimum Gasteiger partial charge on any atom is -0.459 e. The second-order valence-electron chi connectivity index (χ2n) is 4.17. The summed E-state index contributed by atoms with van der Waals surface area (Å²) in [5, 5.41) is 0. The van der Waals surface area contributed by atoms with E-state index in [9.17, 15) is 9.59 Å². The van der Waals surface area contributed by atoms with Gasteiger partial charge >= 0.3 is 0 Å². The zero-order valence-corrected chi connectivity index (χ0v) is 8.82. The molecule has 0 spiro atoms. The van der Waals surface area contributed by atoms with Crippen molar-refractivity contribution in [1.82, 2.24) is 4.90 Å². The van der Waals surface area contributed by atoms with Crippen LogP contribution in [0.25, 0.3) is 0 Å². The number of likely N-dealkylation sites (tertiary alicyclic amines) is 1. The Labute approximate surface area is 87.9 Å². The lowest BCUT2D eigenvalue weighted by Crippen LogP contribution is -2.46. The van der Waals surface area contributed by atoms with E-state index >= 15 is 0 Å². The van der Waals surface area contributed by atoms with E-state index in [2.05, 4.69) is 0 Å². The fraction of sp³-hybridized carbons (Fsp3) is 0.455. The van der Waals surface area contributed by atoms with Gasteiger partial charge in [0, 0.05) is 13.0 Å². The average Bonchev–Trinajstić information content (AvgIpc) is 2.76. The standard InChI is InChI=1S/C11H13NO3/c1-11(2)9(13)5-6-12(11)10(14)8-4-3-7-15-8/h3-4,7H,5-6H2,1-2H3. The molecular weight excluding hydrogens is 194 g/mol. The smallest absolute Gasteiger partial charge is 0.290 e. The van der Waals surface area contributed by atoms with E-state index in [-0.39, 0.29) is 17.5 Å². The fourth-order valence-electron chi connectivity index (χ4n) is 1.84. The third-order valence-corrected chi connectivity index (χ3v) is 2.90. The maximum Gasteiger partial charge on any atom is 0.290 e. The van der Waals surface area contributed by atoms with Crippen LogP contribution >= 0.6 is 0 Å². The van der Waals surface area contributed by atoms with Crippen LogP contribution in [-0.2, 0) is 4.79 Å². The number of rotatable bonds is 1. The number of carbonyl (C=O) groups is 2. The molecule has 1 fully saturated rings. The second-order valence-corrected chi connectivity index (χ2v) is 4.17. The number of hydrogen-bond acceptors (Lipinski definition) is 3. The summed E-state index contributed by atoms with van der Waals surface area (Å²) >= 11 is 0. The van der Waals surface area contributed by atoms with E-state index in [0.29, 0.717) is 13.0 Å². The zero-order valence-electron chi connectivity index (χ0n) is 8.82. The highest BCUT2D eigenvalue weighted by Gasteiger charge is 2.43. The Hall–Kier alpha value is -1.58. The lowest BCUT2D eigenvalue weighted by Gasteiger charge is -2.29. The van der Waals surface area contributed by atoms with Crippen molar-refractivity contribution in [3.63, 3.8) is 0 Å². The molecule has 0 aliphatic carbocycles. The van der Waals surface area contributed by atoms with Crippen LogP contribution in [0.1, 0.15) is 30.8 Å². The third kappa shape index (κ3) is 1.46. The van der Waals surface area contributed by atoms with Gasteiger partial charge in [-0.25, -0.2) is 0 Å². The van der Waals surface area contributed by atoms with Gasteiger partial charge in [-0.1, -0.05) is 0 Å². The van der Waals surface area contributed by atoms with Crippen molar-refractivity contribution >= 4 is 11.7 Å². The normalized spacial score (nSPS) is 19.6. The van der Waals surface area contributed by atoms with Crippen LogP contribution in [0.4, 0.5) is 0 Å². The number of ketones is 1. The van der Waals surface area contributed by atoms with Crippen molar-refractivity contribution in [3.05, 3.63) is 24.2 Å². The second kappa shape index (κ2) is 3.22. The third-order valence-electron chi connectivity index (χ3n) is 2.90. The van der Waals surface area contributed by atoms with Crippen LogP contribution in [0.2, 0.25) is 0 Å². The van der Waals surface area contributed by atoms with E-state index in [1.165, 1.54) is 6.26 Å². The van der Waals surface area contributed by atoms with Crippen molar-refractivity contribution in [2.75, 3.05) is 6.54 Å². The molecule has 1 aromatic heterocycles. The summed E-state index contributed by atoms with van der Waals surface area (Å²) in [7, 11) is 0. The van der Waals surface area contributed by atoms with Crippen molar-refractivity contribution < 1.29 is 14.0 Å². The fourth-order valence-corrected chi connectivity index (χ4v) is 1.84. The molecule has 0 unspecified atom stereocenters. The lowest BCUT2D eigenvalue weighted by atomic mass is 10.0. The summed E-state index contributed by atoms with van der Waals surface area (Å²) in [6.45, 7) is 4.01. The summed E-state index contributed by atoms with van der Waals surface area (Å²) in [5.74, 6) is 0.177. The molecule has 2 rings (SSSR count). The molecule has 1 aromatic rings. The summed E-state index contributed by atoms with van der Waals surface area (Å²) in [5.41, 5.74) is -0.704. The highest BCUT2D eigenvalue weighted by atomic mass is 16.3. The number of Topliss-reactive ketones (excluding diaryl/α,β-unsaturated/α-hetero) is 1. The van der Waals surface area contributed by atoms with Gasteiger partial charge in [-0.3, -0.25) is 9.59 Å². The van der Waals surface area contributed by atoms with Crippen LogP contribution in [0.15, 0.2) is 22.8 Å². The predicted molar refractivity (Wildman–Crippen MR) is 53.4 cm³/mol. The van der Waals surface area contributed by atoms with E-state index in [1.807, 2.05) is 0 Å². The molecule has 1 amide bonds. The molecular formula is C11H13NO3. The molecule has 1 aliphatic heterocycles. The van der Waals surface area contributed by atoms with E-state index in [0.717, 1.165) is 0 Å². The van der Waals surface area contributed by atoms with Crippen LogP contribution in [0, 0.1) is 0 Å². The maximum absolute atomic E-state index is 11.9. The van der Waals surface area contributed by atoms with Crippen molar-refractivity contribution in [2.45, 2.75) is 25.8 Å². The zero-order chi connectivity index (χ0) is 11.1. The Morgan fingerprint density at radius 3 is 2.73 bits per heavy atom. The first-order valence-corrected chi connectivity index (χ1v) is 4.92. The molecule has 0 aromatic carbocycles. The molecule has 0 saturated carbocycles. The summed E-state index contributed by atoms with van der Waals surface area (Å²) < 4.78 is 5.03. The van der Waals surface area contributed by atoms with E-state index in [1.54, 1.807) is 30.9 Å². The highest BCUT2D eigenvalue weighted by molar-refractivity contribution is 6.00. The lowest BCUT2D eigenvalue weighted by molar-refractivity contribution is -0.123. The number of furan rings is 1. The highest BCUT2D eigenvalue weighted by Crippen LogP contribution is 2.26. The first kappa shape index (κ1) is 9.96. The first-order valence-electron chi connectivity index (χ1n) is 4.92. The quantitative estimate of drug-likeness (QED) is 0.700. The molecule has 4 nitrogen and oxygen atoms in total. The van der Waals surface area contributed by atoms with Crippen molar-refractivity contribution in [2.24, 2.45) is 0 Å². The first-order chi connectivity index (χ1) is 7.03. The monoisotopic (exact) mass is 207 g/mol. The van der Waals surface area contributed by atoms with Gasteiger partial charge in [-0.15, -0.1) is 0 Å². The SMILES string of the molecule is CC1(C)C(=O)CCN1C(=O)c1ccco1. The number of carbonyl (C=O) groups excluding carboxylic acids is 2. The molecule has 2 heterocycles. The molecule has 1 aliphatic rings. The molecule has 0 bridgehead atoms. The van der Waals surface area contributed by atoms with Crippen LogP contribution in [0.3, 0.4) is 0 Å². The summed E-state index contributed by atoms with van der Waals surface area (Å²) in [4.78, 5) is 25.1. The molecule has 15 heavy (non-hydrogen) atoms. The van der Waals surface area contributed by atoms with Crippen LogP contribution in [0.5, 0.6) is 0 Å². The van der Waals surface area contributed by atoms with Gasteiger partial charge in [-0.2, -0.15) is 0 Å². The Morgan fingerprint density at radius 1 is 1.53 bits per heavy atom. The molecule has 80 valence electrons. The van der Waals surface area contributed by atoms with E-state index < -0.39 is 5.54 Å². The van der Waals surface area contributed by atoms with Gasteiger partial charge in [0.05, 0.1) is 11.8 Å². The van der Waals surface area contributed by atoms with Crippen LogP contribution < -0.4 is 0 Å². The Kier molecular flexibility index (Phi) is 2.14. The van der Waals surface area contributed by atoms with Gasteiger partial charge in [0.25, 0.3) is 5.91 Å². The van der Waals surface area contributed by atoms with Gasteiger partial charge in [0.1, 0.15) is 0 Å². The molecule has 0 radical (unpaired) electrons.